The van der Waals surface area contributed by atoms with Gasteiger partial charge in [-0.2, -0.15) is 5.26 Å². The zero-order valence-corrected chi connectivity index (χ0v) is 11.4. The second-order valence-corrected chi connectivity index (χ2v) is 4.69. The topological polar surface area (TPSA) is 68.9 Å². The second kappa shape index (κ2) is 6.80. The molecular formula is C16H17N3O. The molecule has 1 heterocycles. The Bertz CT molecular complexity index is 585. The average molecular weight is 267 g/mol. The van der Waals surface area contributed by atoms with Crippen LogP contribution in [0.2, 0.25) is 0 Å². The van der Waals surface area contributed by atoms with Crippen LogP contribution in [0.1, 0.15) is 28.5 Å². The van der Waals surface area contributed by atoms with Crippen molar-refractivity contribution in [3.8, 4) is 6.07 Å². The molecule has 1 atom stereocenters. The maximum absolute atomic E-state index is 10.0. The largest absolute Gasteiger partial charge is 0.387 e. The first-order chi connectivity index (χ1) is 9.69. The highest BCUT2D eigenvalue weighted by Gasteiger charge is 2.06. The highest BCUT2D eigenvalue weighted by atomic mass is 16.3. The molecule has 2 aromatic rings. The standard InChI is InChI=1S/C16H17N3O/c1-12-2-3-14(10-19-12)9-18-11-16(20)15-6-4-13(8-17)5-7-15/h2-7,10,16,18,20H,9,11H2,1H3. The number of benzene rings is 1. The number of aryl methyl sites for hydroxylation is 1. The van der Waals surface area contributed by atoms with Gasteiger partial charge in [0.05, 0.1) is 17.7 Å². The second-order valence-electron chi connectivity index (χ2n) is 4.69. The zero-order valence-electron chi connectivity index (χ0n) is 11.4. The Labute approximate surface area is 118 Å². The smallest absolute Gasteiger partial charge is 0.0991 e. The molecular weight excluding hydrogens is 250 g/mol. The van der Waals surface area contributed by atoms with Gasteiger partial charge in [0.25, 0.3) is 0 Å². The van der Waals surface area contributed by atoms with E-state index in [-0.39, 0.29) is 0 Å². The van der Waals surface area contributed by atoms with Gasteiger partial charge in [-0.3, -0.25) is 4.98 Å². The van der Waals surface area contributed by atoms with Crippen molar-refractivity contribution < 1.29 is 5.11 Å². The molecule has 0 aliphatic rings. The van der Waals surface area contributed by atoms with E-state index in [1.165, 1.54) is 0 Å². The number of pyridine rings is 1. The van der Waals surface area contributed by atoms with Gasteiger partial charge in [0.2, 0.25) is 0 Å². The average Bonchev–Trinajstić information content (AvgIpc) is 2.49. The third-order valence-electron chi connectivity index (χ3n) is 3.06. The Balaban J connectivity index is 1.84. The molecule has 0 aliphatic carbocycles. The summed E-state index contributed by atoms with van der Waals surface area (Å²) in [5.74, 6) is 0. The van der Waals surface area contributed by atoms with Crippen LogP contribution in [0.3, 0.4) is 0 Å². The number of aliphatic hydroxyl groups excluding tert-OH is 1. The predicted molar refractivity (Wildman–Crippen MR) is 76.8 cm³/mol. The molecule has 4 nitrogen and oxygen atoms in total. The van der Waals surface area contributed by atoms with Gasteiger partial charge in [-0.05, 0) is 36.2 Å². The van der Waals surface area contributed by atoms with Gasteiger partial charge in [0, 0.05) is 25.0 Å². The summed E-state index contributed by atoms with van der Waals surface area (Å²) in [4.78, 5) is 4.22. The number of nitrogens with one attached hydrogen (secondary N) is 1. The predicted octanol–water partition coefficient (Wildman–Crippen LogP) is 2.08. The lowest BCUT2D eigenvalue weighted by Gasteiger charge is -2.12. The summed E-state index contributed by atoms with van der Waals surface area (Å²) in [6, 6.07) is 13.0. The molecule has 1 unspecified atom stereocenters. The number of aliphatic hydroxyl groups is 1. The van der Waals surface area contributed by atoms with Crippen LogP contribution in [0.5, 0.6) is 0 Å². The van der Waals surface area contributed by atoms with Crippen molar-refractivity contribution >= 4 is 0 Å². The Kier molecular flexibility index (Phi) is 4.83. The number of aromatic nitrogens is 1. The first kappa shape index (κ1) is 14.2. The Morgan fingerprint density at radius 3 is 2.60 bits per heavy atom. The highest BCUT2D eigenvalue weighted by Crippen LogP contribution is 2.12. The van der Waals surface area contributed by atoms with Gasteiger partial charge in [0.15, 0.2) is 0 Å². The van der Waals surface area contributed by atoms with Gasteiger partial charge in [-0.25, -0.2) is 0 Å². The fourth-order valence-corrected chi connectivity index (χ4v) is 1.85. The van der Waals surface area contributed by atoms with Gasteiger partial charge >= 0.3 is 0 Å². The lowest BCUT2D eigenvalue weighted by atomic mass is 10.1. The molecule has 0 fully saturated rings. The van der Waals surface area contributed by atoms with Crippen molar-refractivity contribution in [2.24, 2.45) is 0 Å². The van der Waals surface area contributed by atoms with Crippen LogP contribution in [0.15, 0.2) is 42.6 Å². The third kappa shape index (κ3) is 3.89. The quantitative estimate of drug-likeness (QED) is 0.870. The minimum atomic E-state index is -0.582. The minimum absolute atomic E-state index is 0.458. The van der Waals surface area contributed by atoms with E-state index in [1.54, 1.807) is 24.3 Å². The van der Waals surface area contributed by atoms with E-state index in [0.29, 0.717) is 18.7 Å². The van der Waals surface area contributed by atoms with Gasteiger partial charge in [-0.15, -0.1) is 0 Å². The van der Waals surface area contributed by atoms with E-state index in [4.69, 9.17) is 5.26 Å². The summed E-state index contributed by atoms with van der Waals surface area (Å²) in [7, 11) is 0. The van der Waals surface area contributed by atoms with E-state index in [0.717, 1.165) is 16.8 Å². The molecule has 0 aliphatic heterocycles. The summed E-state index contributed by atoms with van der Waals surface area (Å²) in [6.07, 6.45) is 1.25. The van der Waals surface area contributed by atoms with Crippen LogP contribution in [0, 0.1) is 18.3 Å². The molecule has 0 saturated heterocycles. The number of nitrogens with zero attached hydrogens (tertiary/aromatic N) is 2. The Morgan fingerprint density at radius 1 is 1.25 bits per heavy atom. The first-order valence-electron chi connectivity index (χ1n) is 6.49. The molecule has 0 amide bonds. The lowest BCUT2D eigenvalue weighted by molar-refractivity contribution is 0.174. The zero-order chi connectivity index (χ0) is 14.4. The summed E-state index contributed by atoms with van der Waals surface area (Å²) >= 11 is 0. The van der Waals surface area contributed by atoms with Crippen molar-refractivity contribution in [2.45, 2.75) is 19.6 Å². The van der Waals surface area contributed by atoms with E-state index in [9.17, 15) is 5.11 Å². The van der Waals surface area contributed by atoms with Crippen LogP contribution in [0.25, 0.3) is 0 Å². The molecule has 20 heavy (non-hydrogen) atoms. The summed E-state index contributed by atoms with van der Waals surface area (Å²) in [5, 5.41) is 22.0. The van der Waals surface area contributed by atoms with E-state index in [2.05, 4.69) is 16.4 Å². The Morgan fingerprint density at radius 2 is 2.00 bits per heavy atom. The van der Waals surface area contributed by atoms with Crippen molar-refractivity contribution in [1.29, 1.82) is 5.26 Å². The molecule has 0 spiro atoms. The molecule has 102 valence electrons. The molecule has 4 heteroatoms. The molecule has 2 rings (SSSR count). The molecule has 0 saturated carbocycles. The van der Waals surface area contributed by atoms with E-state index >= 15 is 0 Å². The summed E-state index contributed by atoms with van der Waals surface area (Å²) < 4.78 is 0. The van der Waals surface area contributed by atoms with Crippen LogP contribution in [0.4, 0.5) is 0 Å². The van der Waals surface area contributed by atoms with Gasteiger partial charge in [0.1, 0.15) is 0 Å². The van der Waals surface area contributed by atoms with Crippen LogP contribution in [-0.4, -0.2) is 16.6 Å². The normalized spacial score (nSPS) is 11.8. The molecule has 1 aromatic carbocycles. The monoisotopic (exact) mass is 267 g/mol. The lowest BCUT2D eigenvalue weighted by Crippen LogP contribution is -2.21. The summed E-state index contributed by atoms with van der Waals surface area (Å²) in [5.41, 5.74) is 3.48. The Hall–Kier alpha value is -2.22. The van der Waals surface area contributed by atoms with Crippen molar-refractivity contribution in [3.63, 3.8) is 0 Å². The van der Waals surface area contributed by atoms with Crippen molar-refractivity contribution in [1.82, 2.24) is 10.3 Å². The molecule has 2 N–H and O–H groups in total. The molecule has 0 radical (unpaired) electrons. The molecule has 1 aromatic heterocycles. The third-order valence-corrected chi connectivity index (χ3v) is 3.06. The van der Waals surface area contributed by atoms with E-state index in [1.807, 2.05) is 25.3 Å². The van der Waals surface area contributed by atoms with E-state index < -0.39 is 6.10 Å². The minimum Gasteiger partial charge on any atom is -0.387 e. The maximum Gasteiger partial charge on any atom is 0.0991 e. The van der Waals surface area contributed by atoms with Crippen molar-refractivity contribution in [2.75, 3.05) is 6.54 Å². The van der Waals surface area contributed by atoms with Crippen molar-refractivity contribution in [3.05, 3.63) is 65.0 Å². The fourth-order valence-electron chi connectivity index (χ4n) is 1.85. The number of hydrogen-bond acceptors (Lipinski definition) is 4. The maximum atomic E-state index is 10.0. The SMILES string of the molecule is Cc1ccc(CNCC(O)c2ccc(C#N)cc2)cn1. The van der Waals surface area contributed by atoms with Gasteiger partial charge < -0.3 is 10.4 Å². The van der Waals surface area contributed by atoms with Crippen LogP contribution in [-0.2, 0) is 6.54 Å². The first-order valence-corrected chi connectivity index (χ1v) is 6.49. The van der Waals surface area contributed by atoms with Gasteiger partial charge in [-0.1, -0.05) is 18.2 Å². The summed E-state index contributed by atoms with van der Waals surface area (Å²) in [6.45, 7) is 3.08. The molecule has 0 bridgehead atoms. The number of hydrogen-bond donors (Lipinski definition) is 2. The number of nitriles is 1. The fraction of sp³-hybridized carbons (Fsp3) is 0.250. The van der Waals surface area contributed by atoms with Crippen LogP contribution >= 0.6 is 0 Å². The van der Waals surface area contributed by atoms with Crippen LogP contribution < -0.4 is 5.32 Å². The number of rotatable bonds is 5. The highest BCUT2D eigenvalue weighted by molar-refractivity contribution is 5.32.